The first kappa shape index (κ1) is 14.4. The predicted octanol–water partition coefficient (Wildman–Crippen LogP) is 3.55. The first-order valence-corrected chi connectivity index (χ1v) is 9.14. The van der Waals surface area contributed by atoms with Gasteiger partial charge in [-0.3, -0.25) is 4.90 Å². The van der Waals surface area contributed by atoms with E-state index in [0.717, 1.165) is 37.2 Å². The molecule has 124 valence electrons. The summed E-state index contributed by atoms with van der Waals surface area (Å²) in [5, 5.41) is 3.81. The molecule has 3 nitrogen and oxygen atoms in total. The number of nitrogens with one attached hydrogen (secondary N) is 1. The van der Waals surface area contributed by atoms with E-state index in [1.807, 2.05) is 0 Å². The van der Waals surface area contributed by atoms with Crippen LogP contribution >= 0.6 is 0 Å². The summed E-state index contributed by atoms with van der Waals surface area (Å²) in [5.74, 6) is 2.65. The van der Waals surface area contributed by atoms with Crippen LogP contribution < -0.4 is 10.1 Å². The summed E-state index contributed by atoms with van der Waals surface area (Å²) in [6.07, 6.45) is 2.43. The van der Waals surface area contributed by atoms with Gasteiger partial charge in [-0.2, -0.15) is 0 Å². The second-order valence-corrected chi connectivity index (χ2v) is 7.53. The molecule has 1 aliphatic carbocycles. The van der Waals surface area contributed by atoms with Crippen LogP contribution in [0.1, 0.15) is 17.5 Å². The molecular formula is C21H24N2O. The van der Waals surface area contributed by atoms with Crippen molar-refractivity contribution >= 4 is 5.69 Å². The zero-order chi connectivity index (χ0) is 15.9. The molecule has 0 amide bonds. The van der Waals surface area contributed by atoms with Crippen LogP contribution in [-0.2, 0) is 13.0 Å². The third-order valence-corrected chi connectivity index (χ3v) is 5.88. The largest absolute Gasteiger partial charge is 0.493 e. The Kier molecular flexibility index (Phi) is 3.48. The molecule has 3 heteroatoms. The van der Waals surface area contributed by atoms with Crippen LogP contribution in [0.4, 0.5) is 5.69 Å². The highest BCUT2D eigenvalue weighted by Gasteiger charge is 2.46. The van der Waals surface area contributed by atoms with E-state index in [4.69, 9.17) is 4.74 Å². The summed E-state index contributed by atoms with van der Waals surface area (Å²) in [6, 6.07) is 18.1. The van der Waals surface area contributed by atoms with Gasteiger partial charge in [-0.15, -0.1) is 0 Å². The van der Waals surface area contributed by atoms with Gasteiger partial charge in [0.15, 0.2) is 0 Å². The summed E-state index contributed by atoms with van der Waals surface area (Å²) >= 11 is 0. The van der Waals surface area contributed by atoms with Crippen LogP contribution in [0.3, 0.4) is 0 Å². The topological polar surface area (TPSA) is 24.5 Å². The quantitative estimate of drug-likeness (QED) is 0.932. The average molecular weight is 320 g/mol. The van der Waals surface area contributed by atoms with E-state index in [-0.39, 0.29) is 0 Å². The van der Waals surface area contributed by atoms with E-state index in [1.165, 1.54) is 36.3 Å². The summed E-state index contributed by atoms with van der Waals surface area (Å²) in [4.78, 5) is 2.63. The van der Waals surface area contributed by atoms with Crippen LogP contribution in [0.15, 0.2) is 48.5 Å². The van der Waals surface area contributed by atoms with Crippen LogP contribution in [0.2, 0.25) is 0 Å². The normalized spacial score (nSPS) is 27.9. The Hall–Kier alpha value is -2.00. The number of nitrogens with zero attached hydrogens (tertiary/aromatic N) is 1. The van der Waals surface area contributed by atoms with Crippen molar-refractivity contribution in [2.75, 3.05) is 25.0 Å². The van der Waals surface area contributed by atoms with Crippen molar-refractivity contribution in [1.82, 2.24) is 4.90 Å². The smallest absolute Gasteiger partial charge is 0.122 e. The zero-order valence-electron chi connectivity index (χ0n) is 13.9. The molecule has 2 atom stereocenters. The highest BCUT2D eigenvalue weighted by molar-refractivity contribution is 5.53. The standard InChI is InChI=1S/C21H24N2O/c1-2-4-15(5-3-1)12-23-13-17-10-18(14-23)21(17)22-19-6-7-20-16(11-19)8-9-24-20/h1-7,11,17-18,21-22H,8-10,12-14H2. The molecule has 4 aliphatic rings. The Morgan fingerprint density at radius 1 is 1.04 bits per heavy atom. The number of ether oxygens (including phenoxy) is 1. The Balaban J connectivity index is 1.22. The first-order valence-electron chi connectivity index (χ1n) is 9.14. The number of fused-ring (bicyclic) bond motifs is 3. The fourth-order valence-corrected chi connectivity index (χ4v) is 4.66. The molecule has 2 aromatic rings. The molecule has 0 aromatic heterocycles. The van der Waals surface area contributed by atoms with Gasteiger partial charge in [-0.05, 0) is 47.6 Å². The van der Waals surface area contributed by atoms with Crippen molar-refractivity contribution in [2.24, 2.45) is 11.8 Å². The fraction of sp³-hybridized carbons (Fsp3) is 0.429. The van der Waals surface area contributed by atoms with Gasteiger partial charge < -0.3 is 10.1 Å². The van der Waals surface area contributed by atoms with E-state index in [0.29, 0.717) is 6.04 Å². The van der Waals surface area contributed by atoms with Gasteiger partial charge >= 0.3 is 0 Å². The van der Waals surface area contributed by atoms with Crippen molar-refractivity contribution in [3.63, 3.8) is 0 Å². The maximum atomic E-state index is 5.61. The van der Waals surface area contributed by atoms with E-state index in [2.05, 4.69) is 58.7 Å². The number of rotatable bonds is 4. The molecule has 0 radical (unpaired) electrons. The highest BCUT2D eigenvalue weighted by atomic mass is 16.5. The predicted molar refractivity (Wildman–Crippen MR) is 96.4 cm³/mol. The van der Waals surface area contributed by atoms with Crippen LogP contribution in [0.25, 0.3) is 0 Å². The molecule has 6 rings (SSSR count). The van der Waals surface area contributed by atoms with E-state index in [1.54, 1.807) is 0 Å². The van der Waals surface area contributed by atoms with E-state index >= 15 is 0 Å². The molecule has 0 spiro atoms. The minimum atomic E-state index is 0.650. The molecule has 2 bridgehead atoms. The molecule has 2 aromatic carbocycles. The minimum Gasteiger partial charge on any atom is -0.493 e. The Bertz CT molecular complexity index is 718. The maximum Gasteiger partial charge on any atom is 0.122 e. The summed E-state index contributed by atoms with van der Waals surface area (Å²) in [5.41, 5.74) is 4.06. The number of hydrogen-bond acceptors (Lipinski definition) is 3. The third-order valence-electron chi connectivity index (χ3n) is 5.88. The van der Waals surface area contributed by atoms with Gasteiger partial charge in [-0.25, -0.2) is 0 Å². The minimum absolute atomic E-state index is 0.650. The van der Waals surface area contributed by atoms with Gasteiger partial charge in [0, 0.05) is 37.8 Å². The Labute approximate surface area is 143 Å². The van der Waals surface area contributed by atoms with Gasteiger partial charge in [0.25, 0.3) is 0 Å². The molecule has 3 aliphatic heterocycles. The van der Waals surface area contributed by atoms with E-state index in [9.17, 15) is 0 Å². The van der Waals surface area contributed by atoms with E-state index < -0.39 is 0 Å². The summed E-state index contributed by atoms with van der Waals surface area (Å²) < 4.78 is 5.61. The molecule has 2 unspecified atom stereocenters. The Morgan fingerprint density at radius 3 is 2.71 bits per heavy atom. The molecule has 3 fully saturated rings. The lowest BCUT2D eigenvalue weighted by Gasteiger charge is -2.54. The molecule has 3 heterocycles. The second kappa shape index (κ2) is 5.82. The number of hydrogen-bond donors (Lipinski definition) is 1. The Morgan fingerprint density at radius 2 is 1.88 bits per heavy atom. The zero-order valence-corrected chi connectivity index (χ0v) is 13.9. The lowest BCUT2D eigenvalue weighted by atomic mass is 9.66. The lowest BCUT2D eigenvalue weighted by molar-refractivity contribution is 0.00751. The van der Waals surface area contributed by atoms with Gasteiger partial charge in [0.2, 0.25) is 0 Å². The van der Waals surface area contributed by atoms with Gasteiger partial charge in [-0.1, -0.05) is 30.3 Å². The molecule has 1 N–H and O–H groups in total. The number of piperidine rings is 2. The van der Waals surface area contributed by atoms with Crippen LogP contribution in [-0.4, -0.2) is 30.6 Å². The first-order chi connectivity index (χ1) is 11.8. The SMILES string of the molecule is c1ccc(CN2CC3CC(C2)C3Nc2ccc3c(c2)CCO3)cc1. The molecular weight excluding hydrogens is 296 g/mol. The van der Waals surface area contributed by atoms with Crippen molar-refractivity contribution in [3.8, 4) is 5.75 Å². The van der Waals surface area contributed by atoms with Crippen LogP contribution in [0.5, 0.6) is 5.75 Å². The van der Waals surface area contributed by atoms with Gasteiger partial charge in [0.05, 0.1) is 6.61 Å². The highest BCUT2D eigenvalue weighted by Crippen LogP contribution is 2.42. The summed E-state index contributed by atoms with van der Waals surface area (Å²) in [7, 11) is 0. The maximum absolute atomic E-state index is 5.61. The molecule has 24 heavy (non-hydrogen) atoms. The van der Waals surface area contributed by atoms with Crippen molar-refractivity contribution in [2.45, 2.75) is 25.4 Å². The molecule has 2 saturated heterocycles. The lowest BCUT2D eigenvalue weighted by Crippen LogP contribution is -2.60. The summed E-state index contributed by atoms with van der Waals surface area (Å²) in [6.45, 7) is 4.37. The fourth-order valence-electron chi connectivity index (χ4n) is 4.66. The second-order valence-electron chi connectivity index (χ2n) is 7.53. The van der Waals surface area contributed by atoms with Gasteiger partial charge in [0.1, 0.15) is 5.75 Å². The van der Waals surface area contributed by atoms with Crippen LogP contribution in [0, 0.1) is 11.8 Å². The van der Waals surface area contributed by atoms with Crippen molar-refractivity contribution in [1.29, 1.82) is 0 Å². The van der Waals surface area contributed by atoms with Crippen molar-refractivity contribution < 1.29 is 4.74 Å². The average Bonchev–Trinajstić information content (AvgIpc) is 3.08. The third kappa shape index (κ3) is 2.57. The monoisotopic (exact) mass is 320 g/mol. The number of anilines is 1. The van der Waals surface area contributed by atoms with Crippen molar-refractivity contribution in [3.05, 3.63) is 59.7 Å². The molecule has 1 saturated carbocycles. The number of benzene rings is 2.